The third-order valence-corrected chi connectivity index (χ3v) is 4.80. The lowest BCUT2D eigenvalue weighted by Crippen LogP contribution is -2.47. The van der Waals surface area contributed by atoms with Gasteiger partial charge < -0.3 is 24.8 Å². The monoisotopic (exact) mass is 382 g/mol. The molecule has 0 saturated carbocycles. The van der Waals surface area contributed by atoms with Crippen LogP contribution in [0.2, 0.25) is 0 Å². The van der Waals surface area contributed by atoms with Crippen LogP contribution in [0.4, 0.5) is 0 Å². The quantitative estimate of drug-likeness (QED) is 0.615. The number of hydrogen-bond acceptors (Lipinski definition) is 5. The van der Waals surface area contributed by atoms with Crippen molar-refractivity contribution in [2.45, 2.75) is 13.5 Å². The minimum absolute atomic E-state index is 0.656. The fourth-order valence-corrected chi connectivity index (χ4v) is 3.20. The normalized spacial score (nSPS) is 14.1. The number of ether oxygens (including phenoxy) is 3. The average Bonchev–Trinajstić information content (AvgIpc) is 2.68. The van der Waals surface area contributed by atoms with Crippen LogP contribution < -0.4 is 24.8 Å². The first-order chi connectivity index (χ1) is 13.7. The summed E-state index contributed by atoms with van der Waals surface area (Å²) in [6, 6.07) is 12.3. The molecule has 5 heteroatoms. The zero-order valence-corrected chi connectivity index (χ0v) is 17.0. The molecule has 0 radical (unpaired) electrons. The maximum Gasteiger partial charge on any atom is 0.161 e. The first-order valence-corrected chi connectivity index (χ1v) is 9.80. The van der Waals surface area contributed by atoms with Crippen LogP contribution >= 0.6 is 0 Å². The summed E-state index contributed by atoms with van der Waals surface area (Å²) in [4.78, 5) is 0. The zero-order chi connectivity index (χ0) is 19.8. The van der Waals surface area contributed by atoms with Crippen molar-refractivity contribution in [2.24, 2.45) is 5.92 Å². The fraction of sp³-hybridized carbons (Fsp3) is 0.391. The van der Waals surface area contributed by atoms with Gasteiger partial charge in [0.1, 0.15) is 5.75 Å². The second kappa shape index (κ2) is 10.2. The maximum absolute atomic E-state index is 5.76. The number of nitrogens with one attached hydrogen (secondary N) is 2. The van der Waals surface area contributed by atoms with Crippen LogP contribution in [0, 0.1) is 5.92 Å². The van der Waals surface area contributed by atoms with Crippen LogP contribution in [0.15, 0.2) is 36.4 Å². The van der Waals surface area contributed by atoms with Crippen molar-refractivity contribution >= 4 is 12.2 Å². The van der Waals surface area contributed by atoms with Gasteiger partial charge in [-0.1, -0.05) is 24.3 Å². The first-order valence-electron chi connectivity index (χ1n) is 9.80. The van der Waals surface area contributed by atoms with Crippen molar-refractivity contribution in [1.29, 1.82) is 0 Å². The van der Waals surface area contributed by atoms with Crippen molar-refractivity contribution in [1.82, 2.24) is 10.6 Å². The molecule has 5 nitrogen and oxygen atoms in total. The second-order valence-electron chi connectivity index (χ2n) is 6.95. The van der Waals surface area contributed by atoms with Crippen molar-refractivity contribution < 1.29 is 14.2 Å². The lowest BCUT2D eigenvalue weighted by Gasteiger charge is -2.27. The Balaban J connectivity index is 1.72. The average molecular weight is 383 g/mol. The molecule has 28 heavy (non-hydrogen) atoms. The first kappa shape index (κ1) is 20.2. The van der Waals surface area contributed by atoms with Crippen LogP contribution in [0.1, 0.15) is 23.6 Å². The van der Waals surface area contributed by atoms with E-state index < -0.39 is 0 Å². The lowest BCUT2D eigenvalue weighted by molar-refractivity contribution is 0.330. The smallest absolute Gasteiger partial charge is 0.161 e. The number of rotatable bonds is 10. The number of hydrogen-bond donors (Lipinski definition) is 2. The van der Waals surface area contributed by atoms with Gasteiger partial charge in [-0.05, 0) is 53.8 Å². The zero-order valence-electron chi connectivity index (χ0n) is 17.0. The summed E-state index contributed by atoms with van der Waals surface area (Å²) in [5, 5.41) is 6.86. The fourth-order valence-electron chi connectivity index (χ4n) is 3.20. The molecule has 0 unspecified atom stereocenters. The van der Waals surface area contributed by atoms with Gasteiger partial charge >= 0.3 is 0 Å². The van der Waals surface area contributed by atoms with E-state index in [1.807, 2.05) is 25.1 Å². The Bertz CT molecular complexity index is 800. The summed E-state index contributed by atoms with van der Waals surface area (Å²) in [5.41, 5.74) is 3.39. The molecule has 150 valence electrons. The van der Waals surface area contributed by atoms with Crippen molar-refractivity contribution in [3.05, 3.63) is 53.1 Å². The van der Waals surface area contributed by atoms with Crippen molar-refractivity contribution in [3.63, 3.8) is 0 Å². The highest BCUT2D eigenvalue weighted by Crippen LogP contribution is 2.28. The molecule has 1 aliphatic heterocycles. The van der Waals surface area contributed by atoms with Crippen LogP contribution in [0.3, 0.4) is 0 Å². The van der Waals surface area contributed by atoms with E-state index in [0.29, 0.717) is 6.61 Å². The summed E-state index contributed by atoms with van der Waals surface area (Å²) in [6.45, 7) is 6.78. The van der Waals surface area contributed by atoms with Gasteiger partial charge in [-0.2, -0.15) is 0 Å². The highest BCUT2D eigenvalue weighted by molar-refractivity contribution is 5.71. The molecule has 0 atom stereocenters. The van der Waals surface area contributed by atoms with Gasteiger partial charge in [0.05, 0.1) is 20.8 Å². The third-order valence-electron chi connectivity index (χ3n) is 4.80. The van der Waals surface area contributed by atoms with Gasteiger partial charge in [0.25, 0.3) is 0 Å². The Kier molecular flexibility index (Phi) is 7.34. The lowest BCUT2D eigenvalue weighted by atomic mass is 10.0. The Morgan fingerprint density at radius 2 is 1.79 bits per heavy atom. The van der Waals surface area contributed by atoms with E-state index in [2.05, 4.69) is 41.0 Å². The molecule has 0 amide bonds. The molecule has 0 bridgehead atoms. The molecule has 1 heterocycles. The molecular weight excluding hydrogens is 352 g/mol. The maximum atomic E-state index is 5.76. The van der Waals surface area contributed by atoms with Gasteiger partial charge in [-0.25, -0.2) is 0 Å². The Labute approximate surface area is 167 Å². The standard InChI is InChI=1S/C23H30N2O3/c1-4-28-21-10-18(9-19(11-21)13-24-14-20-15-25-16-20)6-5-17-7-8-22(26-2)23(12-17)27-3/h5-12,20,24-25H,4,13-16H2,1-3H3/b6-5+. The van der Waals surface area contributed by atoms with E-state index in [9.17, 15) is 0 Å². The predicted molar refractivity (Wildman–Crippen MR) is 114 cm³/mol. The summed E-state index contributed by atoms with van der Waals surface area (Å²) in [7, 11) is 3.29. The van der Waals surface area contributed by atoms with Crippen LogP contribution in [-0.4, -0.2) is 40.5 Å². The van der Waals surface area contributed by atoms with E-state index in [-0.39, 0.29) is 0 Å². The molecule has 1 saturated heterocycles. The SMILES string of the molecule is CCOc1cc(/C=C/c2ccc(OC)c(OC)c2)cc(CNCC2CNC2)c1. The molecule has 0 aliphatic carbocycles. The van der Waals surface area contributed by atoms with Crippen LogP contribution in [0.5, 0.6) is 17.2 Å². The van der Waals surface area contributed by atoms with Crippen LogP contribution in [-0.2, 0) is 6.54 Å². The molecule has 1 aliphatic rings. The van der Waals surface area contributed by atoms with E-state index in [0.717, 1.165) is 60.5 Å². The largest absolute Gasteiger partial charge is 0.494 e. The van der Waals surface area contributed by atoms with Gasteiger partial charge in [-0.15, -0.1) is 0 Å². The van der Waals surface area contributed by atoms with E-state index in [1.165, 1.54) is 5.56 Å². The Morgan fingerprint density at radius 3 is 2.46 bits per heavy atom. The topological polar surface area (TPSA) is 51.8 Å². The Morgan fingerprint density at radius 1 is 1.00 bits per heavy atom. The Hall–Kier alpha value is -2.50. The summed E-state index contributed by atoms with van der Waals surface area (Å²) >= 11 is 0. The minimum Gasteiger partial charge on any atom is -0.494 e. The van der Waals surface area contributed by atoms with Crippen molar-refractivity contribution in [2.75, 3.05) is 40.5 Å². The molecule has 3 rings (SSSR count). The highest BCUT2D eigenvalue weighted by atomic mass is 16.5. The second-order valence-corrected chi connectivity index (χ2v) is 6.95. The predicted octanol–water partition coefficient (Wildman–Crippen LogP) is 3.58. The van der Waals surface area contributed by atoms with E-state index in [4.69, 9.17) is 14.2 Å². The van der Waals surface area contributed by atoms with E-state index in [1.54, 1.807) is 14.2 Å². The third kappa shape index (κ3) is 5.50. The molecule has 1 fully saturated rings. The van der Waals surface area contributed by atoms with Gasteiger partial charge in [0, 0.05) is 26.2 Å². The summed E-state index contributed by atoms with van der Waals surface area (Å²) in [5.74, 6) is 3.11. The van der Waals surface area contributed by atoms with Gasteiger partial charge in [0.2, 0.25) is 0 Å². The van der Waals surface area contributed by atoms with Crippen LogP contribution in [0.25, 0.3) is 12.2 Å². The number of methoxy groups -OCH3 is 2. The summed E-state index contributed by atoms with van der Waals surface area (Å²) < 4.78 is 16.4. The van der Waals surface area contributed by atoms with Gasteiger partial charge in [0.15, 0.2) is 11.5 Å². The van der Waals surface area contributed by atoms with Crippen molar-refractivity contribution in [3.8, 4) is 17.2 Å². The molecule has 0 spiro atoms. The van der Waals surface area contributed by atoms with Gasteiger partial charge in [-0.3, -0.25) is 0 Å². The minimum atomic E-state index is 0.656. The van der Waals surface area contributed by atoms with E-state index >= 15 is 0 Å². The molecular formula is C23H30N2O3. The molecule has 0 aromatic heterocycles. The number of benzene rings is 2. The summed E-state index contributed by atoms with van der Waals surface area (Å²) in [6.07, 6.45) is 4.17. The molecule has 2 aromatic carbocycles. The highest BCUT2D eigenvalue weighted by Gasteiger charge is 2.15. The molecule has 2 N–H and O–H groups in total. The molecule has 2 aromatic rings.